The normalized spacial score (nSPS) is 15.4. The third kappa shape index (κ3) is 3.40. The molecule has 1 aromatic heterocycles. The molecule has 2 aromatic rings. The van der Waals surface area contributed by atoms with E-state index in [-0.39, 0.29) is 17.9 Å². The average Bonchev–Trinajstić information content (AvgIpc) is 3.04. The van der Waals surface area contributed by atoms with E-state index < -0.39 is 5.97 Å². The molecule has 1 aliphatic rings. The van der Waals surface area contributed by atoms with Gasteiger partial charge in [-0.25, -0.2) is 9.79 Å². The molecule has 0 atom stereocenters. The van der Waals surface area contributed by atoms with Crippen molar-refractivity contribution < 1.29 is 14.6 Å². The zero-order valence-electron chi connectivity index (χ0n) is 17.3. The van der Waals surface area contributed by atoms with Crippen molar-refractivity contribution in [3.05, 3.63) is 69.4 Å². The van der Waals surface area contributed by atoms with E-state index >= 15 is 0 Å². The summed E-state index contributed by atoms with van der Waals surface area (Å²) in [5, 5.41) is 10.5. The van der Waals surface area contributed by atoms with E-state index in [0.717, 1.165) is 22.6 Å². The lowest BCUT2D eigenvalue weighted by Gasteiger charge is -2.13. The number of nitrogens with zero attached hydrogens (tertiary/aromatic N) is 2. The van der Waals surface area contributed by atoms with Crippen LogP contribution in [-0.4, -0.2) is 28.0 Å². The van der Waals surface area contributed by atoms with Gasteiger partial charge in [0.1, 0.15) is 11.3 Å². The molecule has 0 fully saturated rings. The lowest BCUT2D eigenvalue weighted by atomic mass is 10.1. The largest absolute Gasteiger partial charge is 0.505 e. The number of carbonyl (C=O) groups excluding carboxylic acids is 1. The molecular formula is C23H26N2O3. The smallest absolute Gasteiger partial charge is 0.343 e. The zero-order chi connectivity index (χ0) is 20.6. The first-order chi connectivity index (χ1) is 13.2. The monoisotopic (exact) mass is 378 g/mol. The molecular weight excluding hydrogens is 352 g/mol. The maximum Gasteiger partial charge on any atom is 0.343 e. The van der Waals surface area contributed by atoms with E-state index in [1.807, 2.05) is 13.0 Å². The standard InChI is InChI=1S/C23H26N2O3/c1-7-28-23(27)21-16(5)24-19(22(21)26)12-18-11-15(4)25(17(18)6)20-9-8-13(2)10-14(20)3/h8-12,26H,7H2,1-6H3. The molecule has 3 rings (SSSR count). The molecule has 0 amide bonds. The minimum atomic E-state index is -0.551. The topological polar surface area (TPSA) is 63.8 Å². The van der Waals surface area contributed by atoms with Crippen molar-refractivity contribution in [3.8, 4) is 5.69 Å². The first kappa shape index (κ1) is 19.7. The number of benzene rings is 1. The molecule has 5 nitrogen and oxygen atoms in total. The summed E-state index contributed by atoms with van der Waals surface area (Å²) in [7, 11) is 0. The Kier molecular flexibility index (Phi) is 5.27. The second-order valence-electron chi connectivity index (χ2n) is 7.12. The van der Waals surface area contributed by atoms with Crippen LogP contribution in [0.5, 0.6) is 0 Å². The summed E-state index contributed by atoms with van der Waals surface area (Å²) in [6.07, 6.45) is 1.81. The quantitative estimate of drug-likeness (QED) is 0.770. The fourth-order valence-electron chi connectivity index (χ4n) is 3.65. The van der Waals surface area contributed by atoms with E-state index in [2.05, 4.69) is 54.6 Å². The Morgan fingerprint density at radius 1 is 1.18 bits per heavy atom. The summed E-state index contributed by atoms with van der Waals surface area (Å²) < 4.78 is 7.22. The van der Waals surface area contributed by atoms with Crippen LogP contribution >= 0.6 is 0 Å². The van der Waals surface area contributed by atoms with Crippen LogP contribution in [0.25, 0.3) is 11.8 Å². The summed E-state index contributed by atoms with van der Waals surface area (Å²) in [5.74, 6) is -0.683. The number of hydrogen-bond acceptors (Lipinski definition) is 4. The Labute approximate surface area is 165 Å². The SMILES string of the molecule is CCOC(=O)C1=C(O)C(=Cc2cc(C)n(-c3ccc(C)cc3C)c2C)N=C1C. The molecule has 0 aliphatic carbocycles. The van der Waals surface area contributed by atoms with Gasteiger partial charge in [-0.05, 0) is 70.9 Å². The van der Waals surface area contributed by atoms with E-state index in [1.165, 1.54) is 11.1 Å². The van der Waals surface area contributed by atoms with Gasteiger partial charge in [0.15, 0.2) is 5.76 Å². The van der Waals surface area contributed by atoms with Crippen LogP contribution in [0.4, 0.5) is 0 Å². The van der Waals surface area contributed by atoms with Gasteiger partial charge in [-0.15, -0.1) is 0 Å². The molecule has 146 valence electrons. The fourth-order valence-corrected chi connectivity index (χ4v) is 3.65. The van der Waals surface area contributed by atoms with E-state index in [4.69, 9.17) is 4.74 Å². The maximum absolute atomic E-state index is 12.1. The highest BCUT2D eigenvalue weighted by Gasteiger charge is 2.28. The highest BCUT2D eigenvalue weighted by atomic mass is 16.5. The van der Waals surface area contributed by atoms with Crippen molar-refractivity contribution in [1.82, 2.24) is 4.57 Å². The Hall–Kier alpha value is -3.08. The molecule has 0 bridgehead atoms. The van der Waals surface area contributed by atoms with Crippen molar-refractivity contribution in [2.75, 3.05) is 6.61 Å². The number of ether oxygens (including phenoxy) is 1. The van der Waals surface area contributed by atoms with Gasteiger partial charge in [0.05, 0.1) is 12.3 Å². The lowest BCUT2D eigenvalue weighted by molar-refractivity contribution is -0.138. The molecule has 0 radical (unpaired) electrons. The number of carbonyl (C=O) groups is 1. The average molecular weight is 378 g/mol. The summed E-state index contributed by atoms with van der Waals surface area (Å²) >= 11 is 0. The molecule has 1 N–H and O–H groups in total. The van der Waals surface area contributed by atoms with Crippen molar-refractivity contribution in [2.45, 2.75) is 41.5 Å². The maximum atomic E-state index is 12.1. The summed E-state index contributed by atoms with van der Waals surface area (Å²) in [6.45, 7) is 12.0. The number of aryl methyl sites for hydroxylation is 3. The molecule has 28 heavy (non-hydrogen) atoms. The van der Waals surface area contributed by atoms with Gasteiger partial charge < -0.3 is 14.4 Å². The Morgan fingerprint density at radius 3 is 2.54 bits per heavy atom. The molecule has 1 aliphatic heterocycles. The van der Waals surface area contributed by atoms with Crippen LogP contribution in [0.2, 0.25) is 0 Å². The minimum absolute atomic E-state index is 0.132. The predicted octanol–water partition coefficient (Wildman–Crippen LogP) is 4.90. The van der Waals surface area contributed by atoms with Gasteiger partial charge in [0.25, 0.3) is 0 Å². The molecule has 2 heterocycles. The van der Waals surface area contributed by atoms with Crippen molar-refractivity contribution in [1.29, 1.82) is 0 Å². The van der Waals surface area contributed by atoms with Crippen molar-refractivity contribution in [3.63, 3.8) is 0 Å². The molecule has 0 saturated heterocycles. The third-order valence-electron chi connectivity index (χ3n) is 4.96. The fraction of sp³-hybridized carbons (Fsp3) is 0.304. The molecule has 5 heteroatoms. The predicted molar refractivity (Wildman–Crippen MR) is 112 cm³/mol. The number of aliphatic hydroxyl groups excluding tert-OH is 1. The molecule has 1 aromatic carbocycles. The molecule has 0 unspecified atom stereocenters. The Balaban J connectivity index is 2.06. The van der Waals surface area contributed by atoms with Crippen LogP contribution in [0.3, 0.4) is 0 Å². The van der Waals surface area contributed by atoms with Crippen LogP contribution in [0.15, 0.2) is 46.3 Å². The minimum Gasteiger partial charge on any atom is -0.505 e. The van der Waals surface area contributed by atoms with Gasteiger partial charge in [0.2, 0.25) is 0 Å². The Bertz CT molecular complexity index is 1050. The van der Waals surface area contributed by atoms with Crippen LogP contribution in [-0.2, 0) is 9.53 Å². The van der Waals surface area contributed by atoms with Gasteiger partial charge in [-0.2, -0.15) is 0 Å². The number of aliphatic imine (C=N–C) groups is 1. The van der Waals surface area contributed by atoms with Gasteiger partial charge in [-0.3, -0.25) is 0 Å². The van der Waals surface area contributed by atoms with Gasteiger partial charge >= 0.3 is 5.97 Å². The van der Waals surface area contributed by atoms with E-state index in [0.29, 0.717) is 11.4 Å². The van der Waals surface area contributed by atoms with Crippen LogP contribution in [0.1, 0.15) is 41.9 Å². The molecule has 0 spiro atoms. The molecule has 0 saturated carbocycles. The second kappa shape index (κ2) is 7.50. The number of esters is 1. The first-order valence-corrected chi connectivity index (χ1v) is 9.39. The highest BCUT2D eigenvalue weighted by Crippen LogP contribution is 2.30. The van der Waals surface area contributed by atoms with Gasteiger partial charge in [0, 0.05) is 17.1 Å². The van der Waals surface area contributed by atoms with E-state index in [9.17, 15) is 9.90 Å². The number of rotatable bonds is 4. The zero-order valence-corrected chi connectivity index (χ0v) is 17.3. The van der Waals surface area contributed by atoms with E-state index in [1.54, 1.807) is 13.8 Å². The van der Waals surface area contributed by atoms with Gasteiger partial charge in [-0.1, -0.05) is 17.7 Å². The van der Waals surface area contributed by atoms with Crippen molar-refractivity contribution in [2.24, 2.45) is 4.99 Å². The lowest BCUT2D eigenvalue weighted by Crippen LogP contribution is -2.13. The van der Waals surface area contributed by atoms with Crippen molar-refractivity contribution >= 4 is 17.8 Å². The number of hydrogen-bond donors (Lipinski definition) is 1. The number of aromatic nitrogens is 1. The first-order valence-electron chi connectivity index (χ1n) is 9.39. The summed E-state index contributed by atoms with van der Waals surface area (Å²) in [4.78, 5) is 16.5. The Morgan fingerprint density at radius 2 is 1.89 bits per heavy atom. The second-order valence-corrected chi connectivity index (χ2v) is 7.12. The number of aliphatic hydroxyl groups is 1. The summed E-state index contributed by atoms with van der Waals surface area (Å²) in [6, 6.07) is 8.44. The van der Waals surface area contributed by atoms with Crippen LogP contribution in [0, 0.1) is 27.7 Å². The van der Waals surface area contributed by atoms with Crippen LogP contribution < -0.4 is 0 Å². The highest BCUT2D eigenvalue weighted by molar-refractivity contribution is 6.22. The third-order valence-corrected chi connectivity index (χ3v) is 4.96. The summed E-state index contributed by atoms with van der Waals surface area (Å²) in [5.41, 5.74) is 7.60.